The molecule has 1 N–H and O–H groups in total. The Morgan fingerprint density at radius 1 is 1.25 bits per heavy atom. The molecular weight excluding hydrogens is 320 g/mol. The molecule has 1 aromatic carbocycles. The molecule has 0 saturated heterocycles. The van der Waals surface area contributed by atoms with Crippen molar-refractivity contribution in [2.45, 2.75) is 20.3 Å². The Hall–Kier alpha value is -2.47. The fourth-order valence-corrected chi connectivity index (χ4v) is 3.47. The minimum absolute atomic E-state index is 0.0171. The van der Waals surface area contributed by atoms with Crippen LogP contribution in [0.4, 0.5) is 11.5 Å². The van der Waals surface area contributed by atoms with Gasteiger partial charge in [-0.3, -0.25) is 4.79 Å². The highest BCUT2D eigenvalue weighted by atomic mass is 32.1. The lowest BCUT2D eigenvalue weighted by atomic mass is 10.3. The molecule has 0 fully saturated rings. The Morgan fingerprint density at radius 2 is 2.00 bits per heavy atom. The smallest absolute Gasteiger partial charge is 0.246 e. The van der Waals surface area contributed by atoms with Gasteiger partial charge < -0.3 is 10.2 Å². The number of fused-ring (bicyclic) bond motifs is 1. The average Bonchev–Trinajstić information content (AvgIpc) is 3.02. The van der Waals surface area contributed by atoms with E-state index in [1.54, 1.807) is 23.3 Å². The maximum Gasteiger partial charge on any atom is 0.246 e. The number of hydrogen-bond donors (Lipinski definition) is 1. The number of likely N-dealkylation sites (N-methyl/N-ethyl adjacent to an activating group) is 1. The van der Waals surface area contributed by atoms with Crippen molar-refractivity contribution in [2.75, 3.05) is 23.8 Å². The number of nitrogens with one attached hydrogen (secondary N) is 1. The van der Waals surface area contributed by atoms with Crippen molar-refractivity contribution in [3.63, 3.8) is 0 Å². The lowest BCUT2D eigenvalue weighted by molar-refractivity contribution is -0.116. The van der Waals surface area contributed by atoms with Crippen molar-refractivity contribution < 1.29 is 4.79 Å². The van der Waals surface area contributed by atoms with Crippen LogP contribution in [0, 0.1) is 6.92 Å². The average molecular weight is 340 g/mol. The number of aromatic nitrogens is 2. The summed E-state index contributed by atoms with van der Waals surface area (Å²) in [6, 6.07) is 11.7. The number of hydrogen-bond acceptors (Lipinski definition) is 5. The maximum atomic E-state index is 12.4. The van der Waals surface area contributed by atoms with Crippen molar-refractivity contribution in [3.8, 4) is 0 Å². The van der Waals surface area contributed by atoms with Gasteiger partial charge in [-0.2, -0.15) is 0 Å². The summed E-state index contributed by atoms with van der Waals surface area (Å²) in [5.74, 6) is 1.41. The first-order valence-electron chi connectivity index (χ1n) is 7.91. The molecule has 24 heavy (non-hydrogen) atoms. The zero-order valence-electron chi connectivity index (χ0n) is 14.0. The summed E-state index contributed by atoms with van der Waals surface area (Å²) in [5, 5.41) is 4.16. The normalized spacial score (nSPS) is 10.8. The van der Waals surface area contributed by atoms with Crippen LogP contribution in [-0.2, 0) is 11.2 Å². The Kier molecular flexibility index (Phi) is 4.76. The molecule has 0 saturated carbocycles. The van der Waals surface area contributed by atoms with Gasteiger partial charge in [0.05, 0.1) is 11.9 Å². The summed E-state index contributed by atoms with van der Waals surface area (Å²) in [6.45, 7) is 4.18. The molecule has 6 heteroatoms. The summed E-state index contributed by atoms with van der Waals surface area (Å²) < 4.78 is 0. The van der Waals surface area contributed by atoms with E-state index in [2.05, 4.69) is 28.3 Å². The standard InChI is InChI=1S/C18H20N4OS/c1-4-14-10-15-17(20-12(2)21-18(15)24-14)19-11-16(23)22(3)13-8-6-5-7-9-13/h5-10H,4,11H2,1-3H3,(H,19,20,21). The SMILES string of the molecule is CCc1cc2c(NCC(=O)N(C)c3ccccc3)nc(C)nc2s1. The molecule has 124 valence electrons. The third-order valence-corrected chi connectivity index (χ3v) is 5.00. The summed E-state index contributed by atoms with van der Waals surface area (Å²) >= 11 is 1.68. The first kappa shape index (κ1) is 16.4. The Labute approximate surface area is 145 Å². The van der Waals surface area contributed by atoms with E-state index in [9.17, 15) is 4.79 Å². The van der Waals surface area contributed by atoms with Gasteiger partial charge >= 0.3 is 0 Å². The predicted molar refractivity (Wildman–Crippen MR) is 99.9 cm³/mol. The van der Waals surface area contributed by atoms with Gasteiger partial charge in [-0.15, -0.1) is 11.3 Å². The number of benzene rings is 1. The van der Waals surface area contributed by atoms with Gasteiger partial charge in [-0.25, -0.2) is 9.97 Å². The number of para-hydroxylation sites is 1. The summed E-state index contributed by atoms with van der Waals surface area (Å²) in [6.07, 6.45) is 0.967. The van der Waals surface area contributed by atoms with E-state index in [-0.39, 0.29) is 12.5 Å². The van der Waals surface area contributed by atoms with Crippen LogP contribution in [0.2, 0.25) is 0 Å². The summed E-state index contributed by atoms with van der Waals surface area (Å²) in [7, 11) is 1.78. The minimum Gasteiger partial charge on any atom is -0.360 e. The molecule has 0 unspecified atom stereocenters. The number of nitrogens with zero attached hydrogens (tertiary/aromatic N) is 3. The number of carbonyl (C=O) groups excluding carboxylic acids is 1. The first-order valence-corrected chi connectivity index (χ1v) is 8.72. The fourth-order valence-electron chi connectivity index (χ4n) is 2.46. The quantitative estimate of drug-likeness (QED) is 0.770. The molecule has 5 nitrogen and oxygen atoms in total. The molecule has 0 aliphatic rings. The van der Waals surface area contributed by atoms with Gasteiger partial charge in [0.1, 0.15) is 16.5 Å². The van der Waals surface area contributed by atoms with Crippen LogP contribution < -0.4 is 10.2 Å². The van der Waals surface area contributed by atoms with Crippen molar-refractivity contribution in [2.24, 2.45) is 0 Å². The predicted octanol–water partition coefficient (Wildman–Crippen LogP) is 3.64. The second kappa shape index (κ2) is 6.97. The van der Waals surface area contributed by atoms with Crippen LogP contribution in [0.15, 0.2) is 36.4 Å². The Balaban J connectivity index is 1.78. The highest BCUT2D eigenvalue weighted by molar-refractivity contribution is 7.18. The Bertz CT molecular complexity index is 860. The fraction of sp³-hybridized carbons (Fsp3) is 0.278. The monoisotopic (exact) mass is 340 g/mol. The number of carbonyl (C=O) groups is 1. The number of amides is 1. The number of rotatable bonds is 5. The van der Waals surface area contributed by atoms with Gasteiger partial charge in [-0.05, 0) is 31.5 Å². The molecule has 3 aromatic rings. The van der Waals surface area contributed by atoms with Gasteiger partial charge in [0.2, 0.25) is 5.91 Å². The van der Waals surface area contributed by atoms with E-state index in [1.165, 1.54) is 4.88 Å². The second-order valence-corrected chi connectivity index (χ2v) is 6.66. The number of aryl methyl sites for hydroxylation is 2. The van der Waals surface area contributed by atoms with Gasteiger partial charge in [-0.1, -0.05) is 25.1 Å². The summed E-state index contributed by atoms with van der Waals surface area (Å²) in [4.78, 5) is 25.2. The van der Waals surface area contributed by atoms with Crippen LogP contribution in [0.3, 0.4) is 0 Å². The van der Waals surface area contributed by atoms with Crippen molar-refractivity contribution in [3.05, 3.63) is 47.1 Å². The number of anilines is 2. The second-order valence-electron chi connectivity index (χ2n) is 5.55. The van der Waals surface area contributed by atoms with Crippen molar-refractivity contribution in [1.29, 1.82) is 0 Å². The molecule has 2 heterocycles. The summed E-state index contributed by atoms with van der Waals surface area (Å²) in [5.41, 5.74) is 0.872. The molecule has 0 radical (unpaired) electrons. The third-order valence-electron chi connectivity index (χ3n) is 3.83. The van der Waals surface area contributed by atoms with E-state index in [0.29, 0.717) is 5.82 Å². The minimum atomic E-state index is -0.0171. The zero-order valence-corrected chi connectivity index (χ0v) is 14.9. The van der Waals surface area contributed by atoms with Crippen LogP contribution in [0.25, 0.3) is 10.2 Å². The third kappa shape index (κ3) is 3.38. The van der Waals surface area contributed by atoms with Gasteiger partial charge in [0.15, 0.2) is 0 Å². The van der Waals surface area contributed by atoms with Gasteiger partial charge in [0.25, 0.3) is 0 Å². The van der Waals surface area contributed by atoms with E-state index in [0.717, 1.165) is 28.1 Å². The number of thiophene rings is 1. The van der Waals surface area contributed by atoms with Gasteiger partial charge in [0, 0.05) is 17.6 Å². The molecule has 0 atom stereocenters. The molecule has 0 aliphatic carbocycles. The van der Waals surface area contributed by atoms with Crippen LogP contribution in [0.5, 0.6) is 0 Å². The molecule has 3 rings (SSSR count). The van der Waals surface area contributed by atoms with Crippen molar-refractivity contribution in [1.82, 2.24) is 9.97 Å². The van der Waals surface area contributed by atoms with Crippen LogP contribution in [0.1, 0.15) is 17.6 Å². The zero-order chi connectivity index (χ0) is 17.1. The lowest BCUT2D eigenvalue weighted by Crippen LogP contribution is -2.32. The lowest BCUT2D eigenvalue weighted by Gasteiger charge is -2.17. The largest absolute Gasteiger partial charge is 0.360 e. The Morgan fingerprint density at radius 3 is 2.71 bits per heavy atom. The highest BCUT2D eigenvalue weighted by Crippen LogP contribution is 2.29. The molecule has 0 bridgehead atoms. The topological polar surface area (TPSA) is 58.1 Å². The van der Waals surface area contributed by atoms with Crippen LogP contribution in [-0.4, -0.2) is 29.5 Å². The van der Waals surface area contributed by atoms with E-state index in [1.807, 2.05) is 37.3 Å². The maximum absolute atomic E-state index is 12.4. The van der Waals surface area contributed by atoms with E-state index < -0.39 is 0 Å². The highest BCUT2D eigenvalue weighted by Gasteiger charge is 2.13. The molecule has 1 amide bonds. The molecule has 0 aliphatic heterocycles. The molecular formula is C18H20N4OS. The molecule has 0 spiro atoms. The van der Waals surface area contributed by atoms with Crippen LogP contribution >= 0.6 is 11.3 Å². The van der Waals surface area contributed by atoms with Crippen molar-refractivity contribution >= 4 is 39.0 Å². The van der Waals surface area contributed by atoms with E-state index >= 15 is 0 Å². The molecule has 2 aromatic heterocycles. The van der Waals surface area contributed by atoms with E-state index in [4.69, 9.17) is 0 Å². The first-order chi connectivity index (χ1) is 11.6.